The van der Waals surface area contributed by atoms with Gasteiger partial charge in [0.2, 0.25) is 0 Å². The third-order valence-corrected chi connectivity index (χ3v) is 5.65. The van der Waals surface area contributed by atoms with Gasteiger partial charge in [-0.15, -0.1) is 0 Å². The van der Waals surface area contributed by atoms with Gasteiger partial charge >= 0.3 is 0 Å². The van der Waals surface area contributed by atoms with Gasteiger partial charge in [0.25, 0.3) is 11.8 Å². The molecule has 2 amide bonds. The number of carbonyl (C=O) groups excluding carboxylic acids is 2. The Kier molecular flexibility index (Phi) is 6.89. The monoisotopic (exact) mass is 487 g/mol. The highest BCUT2D eigenvalue weighted by atomic mass is 79.9. The second kappa shape index (κ2) is 9.40. The molecule has 1 N–H and O–H groups in total. The summed E-state index contributed by atoms with van der Waals surface area (Å²) in [6.07, 6.45) is 1.54. The molecule has 1 heterocycles. The van der Waals surface area contributed by atoms with Crippen LogP contribution in [-0.4, -0.2) is 37.1 Å². The fourth-order valence-corrected chi connectivity index (χ4v) is 3.79. The topological polar surface area (TPSA) is 61.9 Å². The van der Waals surface area contributed by atoms with Crippen molar-refractivity contribution < 1.29 is 14.3 Å². The Morgan fingerprint density at radius 3 is 2.40 bits per heavy atom. The molecule has 1 aliphatic heterocycles. The lowest BCUT2D eigenvalue weighted by molar-refractivity contribution is -0.122. The Morgan fingerprint density at radius 1 is 1.13 bits per heavy atom. The minimum atomic E-state index is -0.534. The predicted octanol–water partition coefficient (Wildman–Crippen LogP) is 4.14. The molecule has 1 fully saturated rings. The Hall–Kier alpha value is -2.71. The number of halogens is 1. The Labute approximate surface area is 189 Å². The molecule has 1 saturated heterocycles. The lowest BCUT2D eigenvalue weighted by atomic mass is 10.1. The smallest absolute Gasteiger partial charge is 0.270 e. The van der Waals surface area contributed by atoms with Gasteiger partial charge in [0.1, 0.15) is 11.3 Å². The minimum absolute atomic E-state index is 0.0135. The standard InChI is InChI=1S/C22H22BrN3O3S/c1-4-25(5-2)17-9-6-14(19(13-17)29-3)12-18-20(27)24-22(30)26(21(18)28)16-10-7-15(23)8-11-16/h6-13H,4-5H2,1-3H3,(H,24,27,30)/b18-12+. The van der Waals surface area contributed by atoms with Crippen molar-refractivity contribution in [3.8, 4) is 5.75 Å². The molecular weight excluding hydrogens is 466 g/mol. The van der Waals surface area contributed by atoms with Crippen molar-refractivity contribution in [2.45, 2.75) is 13.8 Å². The number of methoxy groups -OCH3 is 1. The first kappa shape index (κ1) is 22.0. The summed E-state index contributed by atoms with van der Waals surface area (Å²) in [5, 5.41) is 2.65. The number of nitrogens with zero attached hydrogens (tertiary/aromatic N) is 2. The van der Waals surface area contributed by atoms with Crippen LogP contribution in [0, 0.1) is 0 Å². The zero-order valence-electron chi connectivity index (χ0n) is 16.9. The minimum Gasteiger partial charge on any atom is -0.496 e. The van der Waals surface area contributed by atoms with Crippen LogP contribution in [0.1, 0.15) is 19.4 Å². The molecule has 0 bridgehead atoms. The van der Waals surface area contributed by atoms with Crippen LogP contribution in [-0.2, 0) is 9.59 Å². The van der Waals surface area contributed by atoms with Crippen LogP contribution in [0.3, 0.4) is 0 Å². The normalized spacial score (nSPS) is 15.4. The second-order valence-corrected chi connectivity index (χ2v) is 7.84. The van der Waals surface area contributed by atoms with Crippen molar-refractivity contribution in [3.63, 3.8) is 0 Å². The summed E-state index contributed by atoms with van der Waals surface area (Å²) < 4.78 is 6.40. The van der Waals surface area contributed by atoms with Crippen molar-refractivity contribution in [3.05, 3.63) is 58.1 Å². The van der Waals surface area contributed by atoms with Gasteiger partial charge in [0.15, 0.2) is 5.11 Å². The van der Waals surface area contributed by atoms with Crippen molar-refractivity contribution in [1.29, 1.82) is 0 Å². The molecule has 156 valence electrons. The van der Waals surface area contributed by atoms with Crippen LogP contribution < -0.4 is 19.9 Å². The Bertz CT molecular complexity index is 1020. The van der Waals surface area contributed by atoms with E-state index in [0.29, 0.717) is 17.0 Å². The van der Waals surface area contributed by atoms with E-state index in [4.69, 9.17) is 17.0 Å². The summed E-state index contributed by atoms with van der Waals surface area (Å²) in [5.74, 6) is -0.440. The van der Waals surface area contributed by atoms with Crippen LogP contribution in [0.5, 0.6) is 5.75 Å². The maximum Gasteiger partial charge on any atom is 0.270 e. The predicted molar refractivity (Wildman–Crippen MR) is 127 cm³/mol. The number of nitrogens with one attached hydrogen (secondary N) is 1. The third kappa shape index (κ3) is 4.39. The molecule has 1 aliphatic rings. The zero-order chi connectivity index (χ0) is 21.8. The van der Waals surface area contributed by atoms with Crippen LogP contribution in [0.2, 0.25) is 0 Å². The molecule has 3 rings (SSSR count). The summed E-state index contributed by atoms with van der Waals surface area (Å²) in [4.78, 5) is 29.2. The largest absolute Gasteiger partial charge is 0.496 e. The summed E-state index contributed by atoms with van der Waals surface area (Å²) in [7, 11) is 1.56. The molecular formula is C22H22BrN3O3S. The molecule has 0 aliphatic carbocycles. The third-order valence-electron chi connectivity index (χ3n) is 4.83. The summed E-state index contributed by atoms with van der Waals surface area (Å²) in [6, 6.07) is 12.8. The number of hydrogen-bond donors (Lipinski definition) is 1. The highest BCUT2D eigenvalue weighted by Crippen LogP contribution is 2.29. The van der Waals surface area contributed by atoms with Gasteiger partial charge in [-0.05, 0) is 68.5 Å². The molecule has 2 aromatic rings. The van der Waals surface area contributed by atoms with Gasteiger partial charge in [-0.2, -0.15) is 0 Å². The fourth-order valence-electron chi connectivity index (χ4n) is 3.24. The van der Waals surface area contributed by atoms with Crippen LogP contribution in [0.25, 0.3) is 6.08 Å². The molecule has 0 spiro atoms. The summed E-state index contributed by atoms with van der Waals surface area (Å²) in [6.45, 7) is 5.88. The number of rotatable bonds is 6. The molecule has 0 radical (unpaired) electrons. The van der Waals surface area contributed by atoms with Crippen molar-refractivity contribution in [2.75, 3.05) is 30.0 Å². The summed E-state index contributed by atoms with van der Waals surface area (Å²) in [5.41, 5.74) is 2.20. The van der Waals surface area contributed by atoms with E-state index < -0.39 is 11.8 Å². The maximum absolute atomic E-state index is 13.2. The molecule has 8 heteroatoms. The van der Waals surface area contributed by atoms with E-state index >= 15 is 0 Å². The summed E-state index contributed by atoms with van der Waals surface area (Å²) >= 11 is 8.61. The van der Waals surface area contributed by atoms with Gasteiger partial charge < -0.3 is 9.64 Å². The Balaban J connectivity index is 2.01. The Morgan fingerprint density at radius 2 is 1.80 bits per heavy atom. The van der Waals surface area contributed by atoms with E-state index in [2.05, 4.69) is 40.0 Å². The number of anilines is 2. The van der Waals surface area contributed by atoms with E-state index in [1.165, 1.54) is 11.0 Å². The molecule has 0 saturated carbocycles. The molecule has 2 aromatic carbocycles. The van der Waals surface area contributed by atoms with Crippen LogP contribution >= 0.6 is 28.1 Å². The highest BCUT2D eigenvalue weighted by molar-refractivity contribution is 9.10. The molecule has 0 atom stereocenters. The number of hydrogen-bond acceptors (Lipinski definition) is 5. The first-order valence-corrected chi connectivity index (χ1v) is 10.7. The number of amides is 2. The van der Waals surface area contributed by atoms with Crippen LogP contribution in [0.4, 0.5) is 11.4 Å². The lowest BCUT2D eigenvalue weighted by Gasteiger charge is -2.29. The average molecular weight is 488 g/mol. The lowest BCUT2D eigenvalue weighted by Crippen LogP contribution is -2.54. The molecule has 6 nitrogen and oxygen atoms in total. The molecule has 30 heavy (non-hydrogen) atoms. The SMILES string of the molecule is CCN(CC)c1ccc(/C=C2\C(=O)NC(=S)N(c3ccc(Br)cc3)C2=O)c(OC)c1. The van der Waals surface area contributed by atoms with E-state index in [9.17, 15) is 9.59 Å². The first-order chi connectivity index (χ1) is 14.4. The number of benzene rings is 2. The second-order valence-electron chi connectivity index (χ2n) is 6.53. The van der Waals surface area contributed by atoms with Gasteiger partial charge in [0.05, 0.1) is 12.8 Å². The number of carbonyl (C=O) groups is 2. The van der Waals surface area contributed by atoms with Crippen molar-refractivity contribution in [2.24, 2.45) is 0 Å². The highest BCUT2D eigenvalue weighted by Gasteiger charge is 2.34. The van der Waals surface area contributed by atoms with E-state index in [0.717, 1.165) is 23.2 Å². The number of thiocarbonyl (C=S) groups is 1. The molecule has 0 aromatic heterocycles. The molecule has 0 unspecified atom stereocenters. The van der Waals surface area contributed by atoms with E-state index in [1.54, 1.807) is 31.4 Å². The van der Waals surface area contributed by atoms with Gasteiger partial charge in [-0.25, -0.2) is 0 Å². The average Bonchev–Trinajstić information content (AvgIpc) is 2.73. The van der Waals surface area contributed by atoms with Crippen molar-refractivity contribution >= 4 is 62.5 Å². The maximum atomic E-state index is 13.2. The fraction of sp³-hybridized carbons (Fsp3) is 0.227. The first-order valence-electron chi connectivity index (χ1n) is 9.49. The quantitative estimate of drug-likeness (QED) is 0.377. The van der Waals surface area contributed by atoms with Gasteiger partial charge in [-0.3, -0.25) is 19.8 Å². The van der Waals surface area contributed by atoms with E-state index in [-0.39, 0.29) is 10.7 Å². The zero-order valence-corrected chi connectivity index (χ0v) is 19.3. The number of ether oxygens (including phenoxy) is 1. The van der Waals surface area contributed by atoms with E-state index in [1.807, 2.05) is 18.2 Å². The van der Waals surface area contributed by atoms with Gasteiger partial charge in [0, 0.05) is 34.9 Å². The van der Waals surface area contributed by atoms with Crippen molar-refractivity contribution in [1.82, 2.24) is 5.32 Å². The van der Waals surface area contributed by atoms with Gasteiger partial charge in [-0.1, -0.05) is 15.9 Å². The van der Waals surface area contributed by atoms with Crippen LogP contribution in [0.15, 0.2) is 52.5 Å².